The highest BCUT2D eigenvalue weighted by molar-refractivity contribution is 6.52. The number of Topliss-reactive ketones (excluding diaryl/α,β-unsaturated/α-hetero) is 2. The number of ketones is 2. The van der Waals surface area contributed by atoms with Crippen molar-refractivity contribution in [2.75, 3.05) is 24.9 Å². The van der Waals surface area contributed by atoms with E-state index in [2.05, 4.69) is 10.6 Å². The first-order valence-corrected chi connectivity index (χ1v) is 7.60. The summed E-state index contributed by atoms with van der Waals surface area (Å²) in [5.74, 6) is -2.16. The predicted octanol–water partition coefficient (Wildman–Crippen LogP) is 1.64. The number of hydrogen-bond donors (Lipinski definition) is 2. The van der Waals surface area contributed by atoms with Gasteiger partial charge in [0, 0.05) is 0 Å². The number of amides is 2. The molecule has 8 nitrogen and oxygen atoms in total. The van der Waals surface area contributed by atoms with Crippen LogP contribution >= 0.6 is 0 Å². The lowest BCUT2D eigenvalue weighted by atomic mass is 9.97. The second-order valence-electron chi connectivity index (χ2n) is 5.77. The molecule has 0 spiro atoms. The number of carbonyl (C=O) groups is 4. The number of carbonyl (C=O) groups excluding carboxylic acids is 4. The van der Waals surface area contributed by atoms with E-state index in [1.165, 1.54) is 26.4 Å². The van der Waals surface area contributed by atoms with E-state index in [4.69, 9.17) is 9.47 Å². The molecule has 130 valence electrons. The maximum atomic E-state index is 12.1. The third-order valence-corrected chi connectivity index (χ3v) is 4.36. The van der Waals surface area contributed by atoms with Crippen LogP contribution in [0.1, 0.15) is 20.7 Å². The lowest BCUT2D eigenvalue weighted by molar-refractivity contribution is -0.112. The summed E-state index contributed by atoms with van der Waals surface area (Å²) in [6.45, 7) is 0. The lowest BCUT2D eigenvalue weighted by Crippen LogP contribution is -2.12. The summed E-state index contributed by atoms with van der Waals surface area (Å²) in [4.78, 5) is 47.4. The van der Waals surface area contributed by atoms with Crippen LogP contribution in [0.4, 0.5) is 11.4 Å². The van der Waals surface area contributed by atoms with Gasteiger partial charge < -0.3 is 20.1 Å². The molecule has 0 aliphatic carbocycles. The van der Waals surface area contributed by atoms with Crippen molar-refractivity contribution in [3.63, 3.8) is 0 Å². The van der Waals surface area contributed by atoms with Crippen LogP contribution in [0.3, 0.4) is 0 Å². The first-order valence-electron chi connectivity index (χ1n) is 7.60. The van der Waals surface area contributed by atoms with E-state index >= 15 is 0 Å². The molecule has 2 aromatic carbocycles. The number of rotatable bonds is 3. The van der Waals surface area contributed by atoms with Crippen LogP contribution in [0.25, 0.3) is 11.1 Å². The Kier molecular flexibility index (Phi) is 3.30. The second-order valence-corrected chi connectivity index (χ2v) is 5.77. The second kappa shape index (κ2) is 5.41. The van der Waals surface area contributed by atoms with Crippen molar-refractivity contribution < 1.29 is 28.7 Å². The molecule has 2 aliphatic rings. The van der Waals surface area contributed by atoms with Gasteiger partial charge in [-0.25, -0.2) is 0 Å². The molecule has 2 N–H and O–H groups in total. The zero-order chi connectivity index (χ0) is 18.6. The normalized spacial score (nSPS) is 14.7. The van der Waals surface area contributed by atoms with Gasteiger partial charge in [0.25, 0.3) is 23.4 Å². The van der Waals surface area contributed by atoms with Crippen LogP contribution in [-0.2, 0) is 9.59 Å². The summed E-state index contributed by atoms with van der Waals surface area (Å²) < 4.78 is 10.5. The van der Waals surface area contributed by atoms with Crippen molar-refractivity contribution in [1.82, 2.24) is 0 Å². The molecule has 0 saturated heterocycles. The van der Waals surface area contributed by atoms with Crippen LogP contribution in [0, 0.1) is 0 Å². The van der Waals surface area contributed by atoms with Crippen LogP contribution in [0.2, 0.25) is 0 Å². The minimum atomic E-state index is -0.730. The van der Waals surface area contributed by atoms with Gasteiger partial charge in [0.2, 0.25) is 0 Å². The van der Waals surface area contributed by atoms with Crippen LogP contribution in [-0.4, -0.2) is 37.6 Å². The molecule has 0 aromatic heterocycles. The number of benzene rings is 2. The summed E-state index contributed by atoms with van der Waals surface area (Å²) in [7, 11) is 2.84. The Hall–Kier alpha value is -3.68. The Morgan fingerprint density at radius 2 is 1.04 bits per heavy atom. The van der Waals surface area contributed by atoms with Crippen LogP contribution < -0.4 is 20.1 Å². The number of hydrogen-bond acceptors (Lipinski definition) is 6. The van der Waals surface area contributed by atoms with Gasteiger partial charge in [-0.3, -0.25) is 19.2 Å². The van der Waals surface area contributed by atoms with Crippen molar-refractivity contribution >= 4 is 34.8 Å². The first-order chi connectivity index (χ1) is 12.4. The van der Waals surface area contributed by atoms with Gasteiger partial charge in [0.1, 0.15) is 11.5 Å². The molecule has 0 bridgehead atoms. The Bertz CT molecular complexity index is 957. The SMILES string of the molecule is COc1cc(-c2cc(OC)c3c(c2)C(=O)C(=O)N3)cc2c1NC(=O)C2=O. The molecule has 0 atom stereocenters. The Morgan fingerprint density at radius 3 is 1.38 bits per heavy atom. The average molecular weight is 352 g/mol. The van der Waals surface area contributed by atoms with E-state index in [1.807, 2.05) is 0 Å². The first kappa shape index (κ1) is 15.8. The molecule has 8 heteroatoms. The Morgan fingerprint density at radius 1 is 0.654 bits per heavy atom. The van der Waals surface area contributed by atoms with Gasteiger partial charge in [0.05, 0.1) is 36.7 Å². The standard InChI is InChI=1S/C18H12N2O6/c1-25-11-5-7(3-9-13(11)19-17(23)15(9)21)8-4-10-14(12(6-8)26-2)20-18(24)16(10)22/h3-6H,1-2H3,(H,19,21,23)(H,20,22,24). The fourth-order valence-electron chi connectivity index (χ4n) is 3.09. The number of methoxy groups -OCH3 is 2. The highest BCUT2D eigenvalue weighted by Gasteiger charge is 2.33. The van der Waals surface area contributed by atoms with E-state index in [9.17, 15) is 19.2 Å². The van der Waals surface area contributed by atoms with Crippen molar-refractivity contribution in [3.05, 3.63) is 35.4 Å². The van der Waals surface area contributed by atoms with E-state index in [0.717, 1.165) is 0 Å². The molecule has 0 fully saturated rings. The molecule has 4 rings (SSSR count). The maximum absolute atomic E-state index is 12.1. The van der Waals surface area contributed by atoms with E-state index in [-0.39, 0.29) is 11.1 Å². The molecule has 26 heavy (non-hydrogen) atoms. The minimum absolute atomic E-state index is 0.185. The quantitative estimate of drug-likeness (QED) is 0.813. The Balaban J connectivity index is 1.93. The molecule has 2 aromatic rings. The van der Waals surface area contributed by atoms with Crippen molar-refractivity contribution in [2.45, 2.75) is 0 Å². The predicted molar refractivity (Wildman–Crippen MR) is 90.9 cm³/mol. The third kappa shape index (κ3) is 2.08. The zero-order valence-electron chi connectivity index (χ0n) is 13.8. The highest BCUT2D eigenvalue weighted by atomic mass is 16.5. The van der Waals surface area contributed by atoms with E-state index in [1.54, 1.807) is 12.1 Å². The molecular formula is C18H12N2O6. The van der Waals surface area contributed by atoms with Crippen molar-refractivity contribution in [3.8, 4) is 22.6 Å². The smallest absolute Gasteiger partial charge is 0.296 e. The molecular weight excluding hydrogens is 340 g/mol. The molecule has 2 amide bonds. The summed E-state index contributed by atoms with van der Waals surface area (Å²) >= 11 is 0. The van der Waals surface area contributed by atoms with Gasteiger partial charge in [-0.05, 0) is 35.4 Å². The van der Waals surface area contributed by atoms with Crippen molar-refractivity contribution in [2.24, 2.45) is 0 Å². The fraction of sp³-hybridized carbons (Fsp3) is 0.111. The number of fused-ring (bicyclic) bond motifs is 2. The maximum Gasteiger partial charge on any atom is 0.296 e. The summed E-state index contributed by atoms with van der Waals surface area (Å²) in [5, 5.41) is 4.95. The molecule has 2 heterocycles. The number of ether oxygens (including phenoxy) is 2. The van der Waals surface area contributed by atoms with E-state index < -0.39 is 23.4 Å². The van der Waals surface area contributed by atoms with Gasteiger partial charge in [-0.2, -0.15) is 0 Å². The fourth-order valence-corrected chi connectivity index (χ4v) is 3.09. The summed E-state index contributed by atoms with van der Waals surface area (Å²) in [6, 6.07) is 6.34. The van der Waals surface area contributed by atoms with Gasteiger partial charge in [0.15, 0.2) is 0 Å². The largest absolute Gasteiger partial charge is 0.495 e. The van der Waals surface area contributed by atoms with Gasteiger partial charge in [-0.1, -0.05) is 0 Å². The Labute approximate surface area is 147 Å². The monoisotopic (exact) mass is 352 g/mol. The average Bonchev–Trinajstić information content (AvgIpc) is 3.10. The highest BCUT2D eigenvalue weighted by Crippen LogP contribution is 2.42. The lowest BCUT2D eigenvalue weighted by Gasteiger charge is -2.12. The molecule has 0 saturated carbocycles. The van der Waals surface area contributed by atoms with Crippen molar-refractivity contribution in [1.29, 1.82) is 0 Å². The molecule has 0 radical (unpaired) electrons. The third-order valence-electron chi connectivity index (χ3n) is 4.36. The van der Waals surface area contributed by atoms with E-state index in [0.29, 0.717) is 34.0 Å². The van der Waals surface area contributed by atoms with Gasteiger partial charge in [-0.15, -0.1) is 0 Å². The van der Waals surface area contributed by atoms with Crippen LogP contribution in [0.5, 0.6) is 11.5 Å². The number of nitrogens with one attached hydrogen (secondary N) is 2. The van der Waals surface area contributed by atoms with Crippen LogP contribution in [0.15, 0.2) is 24.3 Å². The minimum Gasteiger partial charge on any atom is -0.495 e. The topological polar surface area (TPSA) is 111 Å². The zero-order valence-corrected chi connectivity index (χ0v) is 13.8. The summed E-state index contributed by atoms with van der Waals surface area (Å²) in [6.07, 6.45) is 0. The molecule has 0 unspecified atom stereocenters. The number of anilines is 2. The summed E-state index contributed by atoms with van der Waals surface area (Å²) in [5.41, 5.74) is 2.07. The van der Waals surface area contributed by atoms with Gasteiger partial charge >= 0.3 is 0 Å². The molecule has 2 aliphatic heterocycles.